The molecule has 3 N–H and O–H groups in total. The number of benzene rings is 1. The largest absolute Gasteiger partial charge is 0.352 e. The van der Waals surface area contributed by atoms with Crippen LogP contribution in [-0.4, -0.2) is 32.6 Å². The molecule has 0 radical (unpaired) electrons. The van der Waals surface area contributed by atoms with Crippen LogP contribution < -0.4 is 11.2 Å². The maximum atomic E-state index is 12.9. The van der Waals surface area contributed by atoms with Crippen LogP contribution in [-0.2, 0) is 11.2 Å². The summed E-state index contributed by atoms with van der Waals surface area (Å²) in [6.07, 6.45) is 2.04. The van der Waals surface area contributed by atoms with Gasteiger partial charge in [0.05, 0.1) is 5.25 Å². The van der Waals surface area contributed by atoms with E-state index in [9.17, 15) is 9.18 Å². The van der Waals surface area contributed by atoms with Crippen LogP contribution in [0.2, 0.25) is 0 Å². The van der Waals surface area contributed by atoms with Crippen molar-refractivity contribution in [2.45, 2.75) is 23.8 Å². The van der Waals surface area contributed by atoms with E-state index in [1.807, 2.05) is 0 Å². The van der Waals surface area contributed by atoms with Crippen molar-refractivity contribution >= 4 is 17.7 Å². The summed E-state index contributed by atoms with van der Waals surface area (Å²) >= 11 is 1.22. The highest BCUT2D eigenvalue weighted by Gasteiger charge is 2.18. The number of nitrogens with zero attached hydrogens (tertiary/aromatic N) is 3. The van der Waals surface area contributed by atoms with Crippen molar-refractivity contribution < 1.29 is 9.18 Å². The van der Waals surface area contributed by atoms with Crippen LogP contribution in [0.5, 0.6) is 0 Å². The molecule has 1 heterocycles. The Kier molecular flexibility index (Phi) is 5.75. The Morgan fingerprint density at radius 2 is 2.17 bits per heavy atom. The zero-order valence-electron chi connectivity index (χ0n) is 12.7. The maximum absolute atomic E-state index is 12.9. The van der Waals surface area contributed by atoms with Gasteiger partial charge in [-0.1, -0.05) is 30.0 Å². The number of nitrogen functional groups attached to an aromatic ring is 1. The van der Waals surface area contributed by atoms with Gasteiger partial charge in [0.2, 0.25) is 11.1 Å². The zero-order chi connectivity index (χ0) is 16.8. The number of hydrogen-bond acceptors (Lipinski definition) is 5. The van der Waals surface area contributed by atoms with Crippen molar-refractivity contribution in [3.05, 3.63) is 54.1 Å². The van der Waals surface area contributed by atoms with Gasteiger partial charge in [0.15, 0.2) is 5.82 Å². The van der Waals surface area contributed by atoms with Gasteiger partial charge in [-0.25, -0.2) is 9.07 Å². The second-order valence-corrected chi connectivity index (χ2v) is 6.17. The molecular formula is C15H18FN5OS. The lowest BCUT2D eigenvalue weighted by Gasteiger charge is -2.10. The number of carbonyl (C=O) groups excluding carboxylic acids is 1. The van der Waals surface area contributed by atoms with Gasteiger partial charge < -0.3 is 11.2 Å². The quantitative estimate of drug-likeness (QED) is 0.455. The van der Waals surface area contributed by atoms with E-state index in [1.54, 1.807) is 25.1 Å². The third-order valence-corrected chi connectivity index (χ3v) is 4.14. The first-order valence-electron chi connectivity index (χ1n) is 7.00. The molecule has 0 aliphatic rings. The first kappa shape index (κ1) is 17.0. The van der Waals surface area contributed by atoms with Crippen LogP contribution in [0.25, 0.3) is 0 Å². The fourth-order valence-corrected chi connectivity index (χ4v) is 2.63. The van der Waals surface area contributed by atoms with Gasteiger partial charge in [0.1, 0.15) is 5.82 Å². The van der Waals surface area contributed by atoms with E-state index in [2.05, 4.69) is 22.1 Å². The number of amides is 1. The van der Waals surface area contributed by atoms with Crippen molar-refractivity contribution in [1.82, 2.24) is 20.2 Å². The Hall–Kier alpha value is -2.35. The van der Waals surface area contributed by atoms with E-state index in [0.717, 1.165) is 5.56 Å². The Labute approximate surface area is 137 Å². The summed E-state index contributed by atoms with van der Waals surface area (Å²) in [6.45, 7) is 5.72. The molecule has 0 saturated carbocycles. The monoisotopic (exact) mass is 335 g/mol. The van der Waals surface area contributed by atoms with Crippen LogP contribution >= 0.6 is 11.8 Å². The minimum atomic E-state index is -0.361. The van der Waals surface area contributed by atoms with Crippen molar-refractivity contribution in [2.24, 2.45) is 0 Å². The third-order valence-electron chi connectivity index (χ3n) is 3.08. The molecule has 0 fully saturated rings. The number of hydrogen-bond donors (Lipinski definition) is 2. The molecule has 8 heteroatoms. The second-order valence-electron chi connectivity index (χ2n) is 4.87. The van der Waals surface area contributed by atoms with Crippen molar-refractivity contribution in [3.8, 4) is 0 Å². The molecule has 2 rings (SSSR count). The number of halogens is 1. The highest BCUT2D eigenvalue weighted by atomic mass is 32.2. The molecule has 0 saturated heterocycles. The molecule has 122 valence electrons. The Morgan fingerprint density at radius 1 is 1.48 bits per heavy atom. The molecule has 0 spiro atoms. The van der Waals surface area contributed by atoms with E-state index in [4.69, 9.17) is 5.84 Å². The molecule has 1 atom stereocenters. The first-order chi connectivity index (χ1) is 11.0. The number of thioether (sulfide) groups is 1. The summed E-state index contributed by atoms with van der Waals surface area (Å²) in [7, 11) is 0. The fourth-order valence-electron chi connectivity index (χ4n) is 1.82. The number of nitrogens with two attached hydrogens (primary N) is 1. The number of rotatable bonds is 7. The maximum Gasteiger partial charge on any atom is 0.233 e. The van der Waals surface area contributed by atoms with E-state index in [0.29, 0.717) is 23.9 Å². The van der Waals surface area contributed by atoms with Gasteiger partial charge in [-0.05, 0) is 24.6 Å². The molecule has 1 amide bonds. The summed E-state index contributed by atoms with van der Waals surface area (Å²) in [5.41, 5.74) is 0.874. The number of nitrogens with one attached hydrogen (secondary N) is 1. The summed E-state index contributed by atoms with van der Waals surface area (Å²) in [6, 6.07) is 6.10. The minimum absolute atomic E-state index is 0.127. The van der Waals surface area contributed by atoms with Crippen LogP contribution in [0.1, 0.15) is 18.3 Å². The summed E-state index contributed by atoms with van der Waals surface area (Å²) in [5, 5.41) is 10.8. The first-order valence-corrected chi connectivity index (χ1v) is 7.88. The normalized spacial score (nSPS) is 11.9. The minimum Gasteiger partial charge on any atom is -0.352 e. The van der Waals surface area contributed by atoms with Crippen LogP contribution in [0.3, 0.4) is 0 Å². The van der Waals surface area contributed by atoms with E-state index >= 15 is 0 Å². The van der Waals surface area contributed by atoms with Crippen molar-refractivity contribution in [2.75, 3.05) is 12.4 Å². The molecular weight excluding hydrogens is 317 g/mol. The van der Waals surface area contributed by atoms with Crippen LogP contribution in [0.15, 0.2) is 42.1 Å². The zero-order valence-corrected chi connectivity index (χ0v) is 13.5. The lowest BCUT2D eigenvalue weighted by atomic mass is 10.1. The molecule has 0 bridgehead atoms. The SMILES string of the molecule is C=CCNC(=O)[C@@H](C)Sc1nnc(Cc2ccc(F)cc2)n1N. The lowest BCUT2D eigenvalue weighted by molar-refractivity contribution is -0.120. The van der Waals surface area contributed by atoms with Crippen molar-refractivity contribution in [3.63, 3.8) is 0 Å². The van der Waals surface area contributed by atoms with Gasteiger partial charge in [0.25, 0.3) is 0 Å². The molecule has 1 aromatic heterocycles. The van der Waals surface area contributed by atoms with Gasteiger partial charge in [-0.2, -0.15) is 0 Å². The Morgan fingerprint density at radius 3 is 2.83 bits per heavy atom. The lowest BCUT2D eigenvalue weighted by Crippen LogP contribution is -2.31. The average molecular weight is 335 g/mol. The third kappa shape index (κ3) is 4.56. The van der Waals surface area contributed by atoms with Crippen LogP contribution in [0, 0.1) is 5.82 Å². The molecule has 0 aliphatic heterocycles. The molecule has 2 aromatic rings. The van der Waals surface area contributed by atoms with Gasteiger partial charge >= 0.3 is 0 Å². The smallest absolute Gasteiger partial charge is 0.233 e. The fraction of sp³-hybridized carbons (Fsp3) is 0.267. The summed E-state index contributed by atoms with van der Waals surface area (Å²) < 4.78 is 14.3. The predicted molar refractivity (Wildman–Crippen MR) is 87.9 cm³/mol. The van der Waals surface area contributed by atoms with Gasteiger partial charge in [0, 0.05) is 13.0 Å². The highest BCUT2D eigenvalue weighted by Crippen LogP contribution is 2.21. The Bertz CT molecular complexity index is 686. The van der Waals surface area contributed by atoms with Crippen LogP contribution in [0.4, 0.5) is 4.39 Å². The van der Waals surface area contributed by atoms with E-state index in [1.165, 1.54) is 28.6 Å². The number of carbonyl (C=O) groups is 1. The molecule has 23 heavy (non-hydrogen) atoms. The topological polar surface area (TPSA) is 85.8 Å². The van der Waals surface area contributed by atoms with E-state index in [-0.39, 0.29) is 17.0 Å². The molecule has 1 aromatic carbocycles. The average Bonchev–Trinajstić information content (AvgIpc) is 2.87. The Balaban J connectivity index is 2.02. The van der Waals surface area contributed by atoms with Crippen molar-refractivity contribution in [1.29, 1.82) is 0 Å². The summed E-state index contributed by atoms with van der Waals surface area (Å²) in [5.74, 6) is 6.10. The second kappa shape index (κ2) is 7.77. The molecule has 0 aliphatic carbocycles. The van der Waals surface area contributed by atoms with E-state index < -0.39 is 0 Å². The molecule has 6 nitrogen and oxygen atoms in total. The van der Waals surface area contributed by atoms with Gasteiger partial charge in [-0.15, -0.1) is 16.8 Å². The molecule has 0 unspecified atom stereocenters. The number of aromatic nitrogens is 3. The summed E-state index contributed by atoms with van der Waals surface area (Å²) in [4.78, 5) is 11.8. The standard InChI is InChI=1S/C15H18FN5OS/c1-3-8-18-14(22)10(2)23-15-20-19-13(21(15)17)9-11-4-6-12(16)7-5-11/h3-7,10H,1,8-9,17H2,2H3,(H,18,22)/t10-/m1/s1. The van der Waals surface area contributed by atoms with Gasteiger partial charge in [-0.3, -0.25) is 4.79 Å². The predicted octanol–water partition coefficient (Wildman–Crippen LogP) is 1.50. The highest BCUT2D eigenvalue weighted by molar-refractivity contribution is 8.00.